The van der Waals surface area contributed by atoms with Gasteiger partial charge in [-0.15, -0.1) is 0 Å². The number of carbonyl (C=O) groups excluding carboxylic acids is 2. The molecule has 0 fully saturated rings. The molecule has 236 valence electrons. The summed E-state index contributed by atoms with van der Waals surface area (Å²) in [5.41, 5.74) is -2.40. The fraction of sp³-hybridized carbons (Fsp3) is 0.312. The summed E-state index contributed by atoms with van der Waals surface area (Å²) >= 11 is 0. The molecule has 4 aromatic rings. The number of aromatic nitrogens is 3. The zero-order valence-electron chi connectivity index (χ0n) is 23.6. The van der Waals surface area contributed by atoms with Crippen molar-refractivity contribution < 1.29 is 44.7 Å². The second kappa shape index (κ2) is 12.5. The number of rotatable bonds is 10. The van der Waals surface area contributed by atoms with E-state index in [1.54, 1.807) is 6.07 Å². The van der Waals surface area contributed by atoms with Gasteiger partial charge in [-0.25, -0.2) is 26.3 Å². The first-order valence-electron chi connectivity index (χ1n) is 13.9. The maximum absolute atomic E-state index is 14.9. The van der Waals surface area contributed by atoms with Crippen LogP contribution in [0.25, 0.3) is 11.1 Å². The number of alkyl halides is 5. The van der Waals surface area contributed by atoms with E-state index in [2.05, 4.69) is 10.1 Å². The molecule has 2 heterocycles. The van der Waals surface area contributed by atoms with Gasteiger partial charge in [-0.3, -0.25) is 19.3 Å². The zero-order chi connectivity index (χ0) is 32.6. The van der Waals surface area contributed by atoms with E-state index < -0.39 is 96.2 Å². The molecule has 1 aliphatic carbocycles. The zero-order valence-corrected chi connectivity index (χ0v) is 23.6. The van der Waals surface area contributed by atoms with Gasteiger partial charge in [-0.2, -0.15) is 13.9 Å². The van der Waals surface area contributed by atoms with Crippen molar-refractivity contribution in [1.82, 2.24) is 14.8 Å². The molecule has 0 N–H and O–H groups in total. The van der Waals surface area contributed by atoms with Gasteiger partial charge in [0.15, 0.2) is 11.6 Å². The molecule has 0 aliphatic heterocycles. The Morgan fingerprint density at radius 1 is 1.02 bits per heavy atom. The SMILES string of the molecule is CC(=O)c1cc(-c2cccnc2C(CC(=O)Cn2nc(C(F)F)c3c2C(F)(F)CCC3F)Cc2cc(F)cc(F)c2)ccc1F. The lowest BCUT2D eigenvalue weighted by molar-refractivity contribution is -0.120. The van der Waals surface area contributed by atoms with Crippen molar-refractivity contribution in [2.24, 2.45) is 0 Å². The van der Waals surface area contributed by atoms with Gasteiger partial charge < -0.3 is 0 Å². The highest BCUT2D eigenvalue weighted by atomic mass is 19.3. The Kier molecular flexibility index (Phi) is 8.90. The number of hydrogen-bond donors (Lipinski definition) is 0. The van der Waals surface area contributed by atoms with Gasteiger partial charge >= 0.3 is 0 Å². The molecule has 0 bridgehead atoms. The molecule has 0 spiro atoms. The van der Waals surface area contributed by atoms with Gasteiger partial charge in [0, 0.05) is 42.1 Å². The van der Waals surface area contributed by atoms with Crippen LogP contribution in [0.15, 0.2) is 54.7 Å². The minimum atomic E-state index is -3.72. The number of fused-ring (bicyclic) bond motifs is 1. The first-order chi connectivity index (χ1) is 21.2. The molecule has 13 heteroatoms. The number of pyridine rings is 1. The average Bonchev–Trinajstić information content (AvgIpc) is 3.36. The van der Waals surface area contributed by atoms with E-state index in [1.807, 2.05) is 0 Å². The third-order valence-corrected chi connectivity index (χ3v) is 7.68. The summed E-state index contributed by atoms with van der Waals surface area (Å²) < 4.78 is 115. The highest BCUT2D eigenvalue weighted by Gasteiger charge is 2.47. The first kappa shape index (κ1) is 32.0. The van der Waals surface area contributed by atoms with Gasteiger partial charge in [-0.1, -0.05) is 12.1 Å². The van der Waals surface area contributed by atoms with Crippen molar-refractivity contribution in [3.8, 4) is 11.1 Å². The van der Waals surface area contributed by atoms with Gasteiger partial charge in [0.1, 0.15) is 41.6 Å². The van der Waals surface area contributed by atoms with Gasteiger partial charge in [0.25, 0.3) is 12.3 Å². The Bertz CT molecular complexity index is 1750. The van der Waals surface area contributed by atoms with Crippen LogP contribution in [0.4, 0.5) is 35.1 Å². The molecule has 2 aromatic heterocycles. The first-order valence-corrected chi connectivity index (χ1v) is 13.9. The van der Waals surface area contributed by atoms with Crippen LogP contribution in [0.2, 0.25) is 0 Å². The molecule has 45 heavy (non-hydrogen) atoms. The number of Topliss-reactive ketones (excluding diaryl/α,β-unsaturated/α-hetero) is 2. The number of ketones is 2. The van der Waals surface area contributed by atoms with Crippen LogP contribution in [0, 0.1) is 17.5 Å². The predicted octanol–water partition coefficient (Wildman–Crippen LogP) is 8.38. The highest BCUT2D eigenvalue weighted by molar-refractivity contribution is 5.95. The summed E-state index contributed by atoms with van der Waals surface area (Å²) in [5, 5.41) is 3.51. The van der Waals surface area contributed by atoms with Gasteiger partial charge in [0.05, 0.1) is 11.3 Å². The van der Waals surface area contributed by atoms with Crippen LogP contribution >= 0.6 is 0 Å². The number of benzene rings is 2. The molecule has 0 radical (unpaired) electrons. The third kappa shape index (κ3) is 6.66. The van der Waals surface area contributed by atoms with E-state index in [-0.39, 0.29) is 23.2 Å². The minimum absolute atomic E-state index is 0.119. The molecule has 2 unspecified atom stereocenters. The minimum Gasteiger partial charge on any atom is -0.298 e. The van der Waals surface area contributed by atoms with Crippen molar-refractivity contribution >= 4 is 11.6 Å². The van der Waals surface area contributed by atoms with E-state index in [9.17, 15) is 44.7 Å². The molecule has 2 atom stereocenters. The lowest BCUT2D eigenvalue weighted by atomic mass is 9.86. The Labute approximate surface area is 251 Å². The van der Waals surface area contributed by atoms with Crippen molar-refractivity contribution in [3.05, 3.63) is 106 Å². The number of carbonyl (C=O) groups is 2. The van der Waals surface area contributed by atoms with Crippen LogP contribution in [0.3, 0.4) is 0 Å². The van der Waals surface area contributed by atoms with Crippen LogP contribution in [0.1, 0.15) is 83.3 Å². The summed E-state index contributed by atoms with van der Waals surface area (Å²) in [7, 11) is 0. The maximum Gasteiger partial charge on any atom is 0.289 e. The molecule has 1 aliphatic rings. The van der Waals surface area contributed by atoms with Gasteiger partial charge in [-0.05, 0) is 61.2 Å². The molecule has 5 nitrogen and oxygen atoms in total. The molecule has 0 amide bonds. The fourth-order valence-electron chi connectivity index (χ4n) is 5.77. The van der Waals surface area contributed by atoms with E-state index >= 15 is 0 Å². The molecule has 5 rings (SSSR count). The summed E-state index contributed by atoms with van der Waals surface area (Å²) in [6.45, 7) is 0.257. The Balaban J connectivity index is 1.55. The Morgan fingerprint density at radius 3 is 2.40 bits per heavy atom. The number of nitrogens with zero attached hydrogens (tertiary/aromatic N) is 3. The van der Waals surface area contributed by atoms with Crippen molar-refractivity contribution in [3.63, 3.8) is 0 Å². The average molecular weight is 636 g/mol. The molecular formula is C32H25F8N3O2. The van der Waals surface area contributed by atoms with Crippen LogP contribution in [0.5, 0.6) is 0 Å². The second-order valence-corrected chi connectivity index (χ2v) is 10.9. The summed E-state index contributed by atoms with van der Waals surface area (Å²) in [6.07, 6.45) is -6.45. The number of hydrogen-bond acceptors (Lipinski definition) is 4. The Hall–Kier alpha value is -4.42. The summed E-state index contributed by atoms with van der Waals surface area (Å²) in [6, 6.07) is 9.57. The molecular weight excluding hydrogens is 610 g/mol. The predicted molar refractivity (Wildman–Crippen MR) is 146 cm³/mol. The van der Waals surface area contributed by atoms with Crippen molar-refractivity contribution in [2.75, 3.05) is 0 Å². The Morgan fingerprint density at radius 2 is 1.73 bits per heavy atom. The topological polar surface area (TPSA) is 64.8 Å². The lowest BCUT2D eigenvalue weighted by Crippen LogP contribution is -2.28. The van der Waals surface area contributed by atoms with Crippen molar-refractivity contribution in [1.29, 1.82) is 0 Å². The summed E-state index contributed by atoms with van der Waals surface area (Å²) in [4.78, 5) is 29.8. The van der Waals surface area contributed by atoms with Crippen molar-refractivity contribution in [2.45, 2.75) is 63.6 Å². The monoisotopic (exact) mass is 635 g/mol. The maximum atomic E-state index is 14.9. The summed E-state index contributed by atoms with van der Waals surface area (Å²) in [5.74, 6) is -8.60. The van der Waals surface area contributed by atoms with Crippen LogP contribution in [-0.4, -0.2) is 26.3 Å². The van der Waals surface area contributed by atoms with E-state index in [0.717, 1.165) is 18.2 Å². The van der Waals surface area contributed by atoms with E-state index in [1.165, 1.54) is 31.3 Å². The lowest BCUT2D eigenvalue weighted by Gasteiger charge is -2.26. The fourth-order valence-corrected chi connectivity index (χ4v) is 5.77. The molecule has 0 saturated carbocycles. The molecule has 0 saturated heterocycles. The van der Waals surface area contributed by atoms with E-state index in [4.69, 9.17) is 0 Å². The van der Waals surface area contributed by atoms with Gasteiger partial charge in [0.2, 0.25) is 0 Å². The van der Waals surface area contributed by atoms with Crippen LogP contribution < -0.4 is 0 Å². The normalized spacial score (nSPS) is 16.4. The number of halogens is 8. The molecule has 2 aromatic carbocycles. The highest BCUT2D eigenvalue weighted by Crippen LogP contribution is 2.48. The largest absolute Gasteiger partial charge is 0.298 e. The second-order valence-electron chi connectivity index (χ2n) is 10.9. The smallest absolute Gasteiger partial charge is 0.289 e. The quantitative estimate of drug-likeness (QED) is 0.130. The third-order valence-electron chi connectivity index (χ3n) is 7.68. The van der Waals surface area contributed by atoms with Crippen LogP contribution in [-0.2, 0) is 23.7 Å². The standard InChI is InChI=1S/C32H25F8N3O2/c1-16(44)24-13-18(4-5-25(24)35)23-3-2-8-41-28(23)19(9-17-10-20(33)14-21(34)11-17)12-22(45)15-43-30-27(29(42-43)31(37)38)26(36)6-7-32(30,39)40/h2-5,8,10-11,13-14,19,26,31H,6-7,9,12,15H2,1H3. The van der Waals surface area contributed by atoms with E-state index in [0.29, 0.717) is 21.9 Å².